The number of nitrogens with zero attached hydrogens (tertiary/aromatic N) is 1. The number of nitrogens with one attached hydrogen (secondary N) is 1. The van der Waals surface area contributed by atoms with Gasteiger partial charge in [-0.1, -0.05) is 50.6 Å². The van der Waals surface area contributed by atoms with Crippen LogP contribution in [0.4, 0.5) is 0 Å². The standard InChI is InChI=1S/C14H23ClN2S/c1-4-8-12(16-6-3)13(5-2)18-14-11(15)9-7-10-17-14/h7,9-10,12-13,16H,4-6,8H2,1-3H3. The second-order valence-corrected chi connectivity index (χ2v) is 5.94. The number of hydrogen-bond donors (Lipinski definition) is 1. The molecule has 1 N–H and O–H groups in total. The third kappa shape index (κ3) is 4.79. The number of hydrogen-bond acceptors (Lipinski definition) is 3. The summed E-state index contributed by atoms with van der Waals surface area (Å²) in [7, 11) is 0. The van der Waals surface area contributed by atoms with Crippen LogP contribution in [0.5, 0.6) is 0 Å². The van der Waals surface area contributed by atoms with Crippen molar-refractivity contribution in [2.45, 2.75) is 56.4 Å². The molecule has 2 atom stereocenters. The van der Waals surface area contributed by atoms with Crippen LogP contribution >= 0.6 is 23.4 Å². The Labute approximate surface area is 120 Å². The average Bonchev–Trinajstić information content (AvgIpc) is 2.38. The molecule has 0 spiro atoms. The summed E-state index contributed by atoms with van der Waals surface area (Å²) in [6.07, 6.45) is 5.33. The Morgan fingerprint density at radius 2 is 2.17 bits per heavy atom. The lowest BCUT2D eigenvalue weighted by molar-refractivity contribution is 0.465. The zero-order valence-electron chi connectivity index (χ0n) is 11.4. The van der Waals surface area contributed by atoms with Crippen molar-refractivity contribution in [2.24, 2.45) is 0 Å². The van der Waals surface area contributed by atoms with Crippen molar-refractivity contribution in [3.05, 3.63) is 23.4 Å². The predicted octanol–water partition coefficient (Wildman–Crippen LogP) is 4.38. The van der Waals surface area contributed by atoms with Crippen molar-refractivity contribution < 1.29 is 0 Å². The number of halogens is 1. The van der Waals surface area contributed by atoms with E-state index in [-0.39, 0.29) is 0 Å². The summed E-state index contributed by atoms with van der Waals surface area (Å²) in [4.78, 5) is 4.37. The van der Waals surface area contributed by atoms with Gasteiger partial charge in [0.25, 0.3) is 0 Å². The van der Waals surface area contributed by atoms with Crippen LogP contribution in [0.25, 0.3) is 0 Å². The average molecular weight is 287 g/mol. The normalized spacial score (nSPS) is 14.4. The van der Waals surface area contributed by atoms with E-state index in [0.717, 1.165) is 23.0 Å². The summed E-state index contributed by atoms with van der Waals surface area (Å²) < 4.78 is 0. The van der Waals surface area contributed by atoms with Crippen LogP contribution in [0.2, 0.25) is 5.02 Å². The lowest BCUT2D eigenvalue weighted by atomic mass is 10.1. The molecule has 0 aliphatic rings. The van der Waals surface area contributed by atoms with E-state index < -0.39 is 0 Å². The summed E-state index contributed by atoms with van der Waals surface area (Å²) in [5.41, 5.74) is 0. The maximum absolute atomic E-state index is 6.18. The van der Waals surface area contributed by atoms with E-state index in [2.05, 4.69) is 31.1 Å². The molecule has 0 aromatic carbocycles. The first-order chi connectivity index (χ1) is 8.72. The summed E-state index contributed by atoms with van der Waals surface area (Å²) in [5, 5.41) is 5.81. The van der Waals surface area contributed by atoms with E-state index in [1.807, 2.05) is 18.3 Å². The first-order valence-corrected chi connectivity index (χ1v) is 7.99. The molecule has 0 saturated carbocycles. The molecule has 1 heterocycles. The summed E-state index contributed by atoms with van der Waals surface area (Å²) in [6, 6.07) is 4.32. The first kappa shape index (κ1) is 15.8. The monoisotopic (exact) mass is 286 g/mol. The molecule has 0 fully saturated rings. The molecule has 102 valence electrons. The fraction of sp³-hybridized carbons (Fsp3) is 0.643. The zero-order chi connectivity index (χ0) is 13.4. The number of aromatic nitrogens is 1. The van der Waals surface area contributed by atoms with Crippen LogP contribution in [-0.4, -0.2) is 22.8 Å². The third-order valence-corrected chi connectivity index (χ3v) is 4.84. The van der Waals surface area contributed by atoms with Crippen LogP contribution in [-0.2, 0) is 0 Å². The minimum Gasteiger partial charge on any atom is -0.313 e. The molecule has 0 aliphatic heterocycles. The lowest BCUT2D eigenvalue weighted by Gasteiger charge is -2.26. The summed E-state index contributed by atoms with van der Waals surface area (Å²) in [5.74, 6) is 0. The Morgan fingerprint density at radius 1 is 1.39 bits per heavy atom. The summed E-state index contributed by atoms with van der Waals surface area (Å²) in [6.45, 7) is 7.63. The van der Waals surface area contributed by atoms with Gasteiger partial charge in [0.2, 0.25) is 0 Å². The molecule has 0 bridgehead atoms. The topological polar surface area (TPSA) is 24.9 Å². The minimum absolute atomic E-state index is 0.525. The van der Waals surface area contributed by atoms with Crippen molar-refractivity contribution in [3.63, 3.8) is 0 Å². The van der Waals surface area contributed by atoms with Crippen LogP contribution in [0.1, 0.15) is 40.0 Å². The van der Waals surface area contributed by atoms with Gasteiger partial charge < -0.3 is 5.32 Å². The highest BCUT2D eigenvalue weighted by Gasteiger charge is 2.20. The van der Waals surface area contributed by atoms with E-state index in [9.17, 15) is 0 Å². The number of thioether (sulfide) groups is 1. The zero-order valence-corrected chi connectivity index (χ0v) is 13.0. The minimum atomic E-state index is 0.525. The molecule has 0 aliphatic carbocycles. The molecule has 2 nitrogen and oxygen atoms in total. The molecule has 4 heteroatoms. The Bertz CT molecular complexity index is 340. The lowest BCUT2D eigenvalue weighted by Crippen LogP contribution is -2.37. The van der Waals surface area contributed by atoms with Crippen molar-refractivity contribution >= 4 is 23.4 Å². The Morgan fingerprint density at radius 3 is 2.72 bits per heavy atom. The van der Waals surface area contributed by atoms with Crippen LogP contribution < -0.4 is 5.32 Å². The van der Waals surface area contributed by atoms with Gasteiger partial charge in [0, 0.05) is 17.5 Å². The highest BCUT2D eigenvalue weighted by atomic mass is 35.5. The van der Waals surface area contributed by atoms with Crippen LogP contribution in [0, 0.1) is 0 Å². The Kier molecular flexibility index (Phi) is 7.71. The highest BCUT2D eigenvalue weighted by molar-refractivity contribution is 8.00. The highest BCUT2D eigenvalue weighted by Crippen LogP contribution is 2.32. The molecule has 18 heavy (non-hydrogen) atoms. The molecular formula is C14H23ClN2S. The summed E-state index contributed by atoms with van der Waals surface area (Å²) >= 11 is 7.98. The van der Waals surface area contributed by atoms with E-state index >= 15 is 0 Å². The van der Waals surface area contributed by atoms with Gasteiger partial charge in [-0.2, -0.15) is 0 Å². The fourth-order valence-electron chi connectivity index (χ4n) is 2.04. The smallest absolute Gasteiger partial charge is 0.115 e. The van der Waals surface area contributed by atoms with Crippen molar-refractivity contribution in [3.8, 4) is 0 Å². The molecule has 0 amide bonds. The van der Waals surface area contributed by atoms with E-state index in [1.54, 1.807) is 11.8 Å². The van der Waals surface area contributed by atoms with Gasteiger partial charge in [0.1, 0.15) is 5.03 Å². The van der Waals surface area contributed by atoms with Gasteiger partial charge >= 0.3 is 0 Å². The second kappa shape index (κ2) is 8.78. The Balaban J connectivity index is 2.73. The van der Waals surface area contributed by atoms with Crippen LogP contribution in [0.15, 0.2) is 23.4 Å². The SMILES string of the molecule is CCCC(NCC)C(CC)Sc1ncccc1Cl. The molecule has 1 rings (SSSR count). The maximum atomic E-state index is 6.18. The molecule has 0 saturated heterocycles. The van der Waals surface area contributed by atoms with Crippen molar-refractivity contribution in [1.29, 1.82) is 0 Å². The fourth-order valence-corrected chi connectivity index (χ4v) is 3.45. The van der Waals surface area contributed by atoms with Gasteiger partial charge in [-0.3, -0.25) is 0 Å². The van der Waals surface area contributed by atoms with Gasteiger partial charge in [-0.05, 0) is 31.5 Å². The molecule has 1 aromatic rings. The predicted molar refractivity (Wildman–Crippen MR) is 81.6 cm³/mol. The van der Waals surface area contributed by atoms with E-state index in [0.29, 0.717) is 11.3 Å². The van der Waals surface area contributed by atoms with E-state index in [4.69, 9.17) is 11.6 Å². The van der Waals surface area contributed by atoms with Gasteiger partial charge in [-0.15, -0.1) is 0 Å². The van der Waals surface area contributed by atoms with Crippen molar-refractivity contribution in [2.75, 3.05) is 6.54 Å². The molecule has 2 unspecified atom stereocenters. The molecule has 0 radical (unpaired) electrons. The number of rotatable bonds is 8. The Hall–Kier alpha value is -0.250. The van der Waals surface area contributed by atoms with Gasteiger partial charge in [0.15, 0.2) is 0 Å². The van der Waals surface area contributed by atoms with E-state index in [1.165, 1.54) is 12.8 Å². The largest absolute Gasteiger partial charge is 0.313 e. The molecular weight excluding hydrogens is 264 g/mol. The molecule has 1 aromatic heterocycles. The van der Waals surface area contributed by atoms with Crippen LogP contribution in [0.3, 0.4) is 0 Å². The second-order valence-electron chi connectivity index (χ2n) is 4.31. The third-order valence-electron chi connectivity index (χ3n) is 2.90. The van der Waals surface area contributed by atoms with Gasteiger partial charge in [0.05, 0.1) is 5.02 Å². The quantitative estimate of drug-likeness (QED) is 0.718. The van der Waals surface area contributed by atoms with Crippen molar-refractivity contribution in [1.82, 2.24) is 10.3 Å². The van der Waals surface area contributed by atoms with Gasteiger partial charge in [-0.25, -0.2) is 4.98 Å². The first-order valence-electron chi connectivity index (χ1n) is 6.73. The number of pyridine rings is 1. The maximum Gasteiger partial charge on any atom is 0.115 e.